The van der Waals surface area contributed by atoms with Crippen molar-refractivity contribution < 1.29 is 4.74 Å². The van der Waals surface area contributed by atoms with Crippen molar-refractivity contribution in [2.45, 2.75) is 18.2 Å². The molecule has 0 bridgehead atoms. The number of aryl methyl sites for hydroxylation is 1. The van der Waals surface area contributed by atoms with Crippen LogP contribution in [0.2, 0.25) is 0 Å². The zero-order chi connectivity index (χ0) is 18.9. The maximum atomic E-state index is 5.59. The number of aromatic nitrogens is 2. The molecule has 1 fully saturated rings. The van der Waals surface area contributed by atoms with Crippen molar-refractivity contribution >= 4 is 17.6 Å². The van der Waals surface area contributed by atoms with Gasteiger partial charge in [-0.1, -0.05) is 48.0 Å². The monoisotopic (exact) mass is 389 g/mol. The van der Waals surface area contributed by atoms with Crippen LogP contribution < -0.4 is 4.90 Å². The van der Waals surface area contributed by atoms with Gasteiger partial charge < -0.3 is 9.64 Å². The highest BCUT2D eigenvalue weighted by Gasteiger charge is 2.25. The smallest absolute Gasteiger partial charge is 0.162 e. The predicted octanol–water partition coefficient (Wildman–Crippen LogP) is 4.60. The number of thioether (sulfide) groups is 1. The zero-order valence-electron chi connectivity index (χ0n) is 16.0. The van der Waals surface area contributed by atoms with E-state index >= 15 is 0 Å². The van der Waals surface area contributed by atoms with Gasteiger partial charge in [0.05, 0.1) is 18.9 Å². The van der Waals surface area contributed by atoms with Crippen LogP contribution in [-0.4, -0.2) is 42.0 Å². The van der Waals surface area contributed by atoms with E-state index in [-0.39, 0.29) is 0 Å². The Hall–Kier alpha value is -2.37. The Morgan fingerprint density at radius 1 is 0.964 bits per heavy atom. The molecule has 0 spiro atoms. The maximum absolute atomic E-state index is 5.59. The molecule has 0 saturated carbocycles. The van der Waals surface area contributed by atoms with Gasteiger partial charge in [-0.2, -0.15) is 0 Å². The Kier molecular flexibility index (Phi) is 4.79. The van der Waals surface area contributed by atoms with Crippen LogP contribution >= 0.6 is 11.8 Å². The highest BCUT2D eigenvalue weighted by atomic mass is 32.2. The molecule has 142 valence electrons. The molecule has 1 saturated heterocycles. The fraction of sp³-hybridized carbons (Fsp3) is 0.304. The number of anilines is 1. The van der Waals surface area contributed by atoms with Crippen molar-refractivity contribution in [1.29, 1.82) is 0 Å². The molecular weight excluding hydrogens is 366 g/mol. The number of hydrogen-bond acceptors (Lipinski definition) is 5. The summed E-state index contributed by atoms with van der Waals surface area (Å²) in [6.07, 6.45) is 0.982. The van der Waals surface area contributed by atoms with Crippen molar-refractivity contribution in [3.05, 3.63) is 59.7 Å². The van der Waals surface area contributed by atoms with Crippen molar-refractivity contribution in [2.24, 2.45) is 0 Å². The summed E-state index contributed by atoms with van der Waals surface area (Å²) in [6.45, 7) is 5.37. The van der Waals surface area contributed by atoms with E-state index in [0.29, 0.717) is 0 Å². The van der Waals surface area contributed by atoms with E-state index in [1.54, 1.807) is 0 Å². The number of hydrogen-bond donors (Lipinski definition) is 0. The average molecular weight is 390 g/mol. The Balaban J connectivity index is 1.73. The lowest BCUT2D eigenvalue weighted by Gasteiger charge is -2.30. The third kappa shape index (κ3) is 3.29. The first kappa shape index (κ1) is 17.7. The third-order valence-corrected chi connectivity index (χ3v) is 6.43. The molecular formula is C23H23N3OS. The molecule has 2 aromatic carbocycles. The van der Waals surface area contributed by atoms with E-state index in [4.69, 9.17) is 14.7 Å². The maximum Gasteiger partial charge on any atom is 0.162 e. The van der Waals surface area contributed by atoms with E-state index in [0.717, 1.165) is 61.4 Å². The van der Waals surface area contributed by atoms with E-state index in [2.05, 4.69) is 60.4 Å². The largest absolute Gasteiger partial charge is 0.378 e. The van der Waals surface area contributed by atoms with Crippen LogP contribution in [0.25, 0.3) is 22.6 Å². The van der Waals surface area contributed by atoms with Crippen LogP contribution in [-0.2, 0) is 11.2 Å². The van der Waals surface area contributed by atoms with Crippen molar-refractivity contribution in [3.63, 3.8) is 0 Å². The van der Waals surface area contributed by atoms with Crippen molar-refractivity contribution in [3.8, 4) is 22.6 Å². The molecule has 3 heterocycles. The molecule has 0 atom stereocenters. The van der Waals surface area contributed by atoms with Crippen LogP contribution in [0, 0.1) is 6.92 Å². The SMILES string of the molecule is Cc1ccc(-c2nc3c(c(N4CCOCC4)n2)CCSc2ccccc2-3)cc1. The normalized spacial score (nSPS) is 16.2. The second-order valence-corrected chi connectivity index (χ2v) is 8.39. The molecule has 4 nitrogen and oxygen atoms in total. The first-order valence-electron chi connectivity index (χ1n) is 9.82. The van der Waals surface area contributed by atoms with Crippen molar-refractivity contribution in [2.75, 3.05) is 37.0 Å². The molecule has 3 aromatic rings. The van der Waals surface area contributed by atoms with Gasteiger partial charge in [-0.15, -0.1) is 11.8 Å². The standard InChI is InChI=1S/C23H23N3OS/c1-16-6-8-17(9-7-16)22-24-21-18-4-2-3-5-20(18)28-15-10-19(21)23(25-22)26-11-13-27-14-12-26/h2-9H,10-15H2,1H3. The number of nitrogens with zero attached hydrogens (tertiary/aromatic N) is 3. The van der Waals surface area contributed by atoms with E-state index in [9.17, 15) is 0 Å². The lowest BCUT2D eigenvalue weighted by Crippen LogP contribution is -2.37. The van der Waals surface area contributed by atoms with Gasteiger partial charge >= 0.3 is 0 Å². The Morgan fingerprint density at radius 3 is 2.57 bits per heavy atom. The Labute approximate surface area is 170 Å². The summed E-state index contributed by atoms with van der Waals surface area (Å²) < 4.78 is 5.59. The summed E-state index contributed by atoms with van der Waals surface area (Å²) in [7, 11) is 0. The minimum Gasteiger partial charge on any atom is -0.378 e. The quantitative estimate of drug-likeness (QED) is 0.640. The van der Waals surface area contributed by atoms with Gasteiger partial charge in [-0.25, -0.2) is 9.97 Å². The van der Waals surface area contributed by atoms with Crippen LogP contribution in [0.4, 0.5) is 5.82 Å². The van der Waals surface area contributed by atoms with Crippen LogP contribution in [0.5, 0.6) is 0 Å². The average Bonchev–Trinajstić information content (AvgIpc) is 2.94. The first-order chi connectivity index (χ1) is 13.8. The van der Waals surface area contributed by atoms with Crippen LogP contribution in [0.1, 0.15) is 11.1 Å². The summed E-state index contributed by atoms with van der Waals surface area (Å²) >= 11 is 1.91. The molecule has 5 rings (SSSR count). The molecule has 28 heavy (non-hydrogen) atoms. The van der Waals surface area contributed by atoms with Gasteiger partial charge in [0.25, 0.3) is 0 Å². The molecule has 0 amide bonds. The molecule has 0 unspecified atom stereocenters. The second-order valence-electron chi connectivity index (χ2n) is 7.26. The third-order valence-electron chi connectivity index (χ3n) is 5.36. The highest BCUT2D eigenvalue weighted by molar-refractivity contribution is 7.99. The fourth-order valence-corrected chi connectivity index (χ4v) is 4.87. The zero-order valence-corrected chi connectivity index (χ0v) is 16.8. The lowest BCUT2D eigenvalue weighted by molar-refractivity contribution is 0.122. The van der Waals surface area contributed by atoms with Crippen molar-refractivity contribution in [1.82, 2.24) is 9.97 Å². The predicted molar refractivity (Wildman–Crippen MR) is 115 cm³/mol. The minimum absolute atomic E-state index is 0.754. The molecule has 5 heteroatoms. The molecule has 0 N–H and O–H groups in total. The van der Waals surface area contributed by atoms with Gasteiger partial charge in [-0.05, 0) is 19.4 Å². The van der Waals surface area contributed by atoms with E-state index < -0.39 is 0 Å². The number of benzene rings is 2. The van der Waals surface area contributed by atoms with Crippen LogP contribution in [0.3, 0.4) is 0 Å². The topological polar surface area (TPSA) is 38.2 Å². The lowest BCUT2D eigenvalue weighted by atomic mass is 10.0. The molecule has 2 aliphatic rings. The number of morpholine rings is 1. The van der Waals surface area contributed by atoms with Gasteiger partial charge in [0.2, 0.25) is 0 Å². The molecule has 2 aliphatic heterocycles. The summed E-state index contributed by atoms with van der Waals surface area (Å²) in [5.41, 5.74) is 5.90. The minimum atomic E-state index is 0.754. The van der Waals surface area contributed by atoms with Gasteiger partial charge in [-0.3, -0.25) is 0 Å². The summed E-state index contributed by atoms with van der Waals surface area (Å²) in [5.74, 6) is 2.94. The summed E-state index contributed by atoms with van der Waals surface area (Å²) in [6, 6.07) is 17.1. The highest BCUT2D eigenvalue weighted by Crippen LogP contribution is 2.40. The Bertz CT molecular complexity index is 997. The number of rotatable bonds is 2. The number of fused-ring (bicyclic) bond motifs is 3. The van der Waals surface area contributed by atoms with Gasteiger partial charge in [0.15, 0.2) is 5.82 Å². The Morgan fingerprint density at radius 2 is 1.75 bits per heavy atom. The second kappa shape index (κ2) is 7.57. The van der Waals surface area contributed by atoms with E-state index in [1.165, 1.54) is 21.6 Å². The molecule has 0 aliphatic carbocycles. The summed E-state index contributed by atoms with van der Waals surface area (Å²) in [4.78, 5) is 13.8. The van der Waals surface area contributed by atoms with E-state index in [1.807, 2.05) is 11.8 Å². The van der Waals surface area contributed by atoms with Crippen LogP contribution in [0.15, 0.2) is 53.4 Å². The fourth-order valence-electron chi connectivity index (χ4n) is 3.84. The van der Waals surface area contributed by atoms with Gasteiger partial charge in [0, 0.05) is 40.4 Å². The molecule has 0 radical (unpaired) electrons. The number of ether oxygens (including phenoxy) is 1. The van der Waals surface area contributed by atoms with Gasteiger partial charge in [0.1, 0.15) is 5.82 Å². The molecule has 1 aromatic heterocycles. The summed E-state index contributed by atoms with van der Waals surface area (Å²) in [5, 5.41) is 0. The first-order valence-corrected chi connectivity index (χ1v) is 10.8.